The van der Waals surface area contributed by atoms with Crippen molar-refractivity contribution in [2.75, 3.05) is 0 Å². The van der Waals surface area contributed by atoms with Crippen molar-refractivity contribution in [1.29, 1.82) is 0 Å². The van der Waals surface area contributed by atoms with Gasteiger partial charge in [0.15, 0.2) is 0 Å². The lowest BCUT2D eigenvalue weighted by atomic mass is 9.97. The predicted octanol–water partition coefficient (Wildman–Crippen LogP) is 4.31. The quantitative estimate of drug-likeness (QED) is 0.622. The van der Waals surface area contributed by atoms with Crippen LogP contribution in [0.1, 0.15) is 53.4 Å². The van der Waals surface area contributed by atoms with E-state index in [1.807, 2.05) is 0 Å². The third-order valence-electron chi connectivity index (χ3n) is 4.27. The summed E-state index contributed by atoms with van der Waals surface area (Å²) < 4.78 is 16.6. The van der Waals surface area contributed by atoms with Crippen LogP contribution in [0, 0.1) is 0 Å². The van der Waals surface area contributed by atoms with E-state index in [4.69, 9.17) is 13.9 Å². The molecule has 0 aromatic carbocycles. The molecule has 3 aromatic heterocycles. The Morgan fingerprint density at radius 1 is 1.27 bits per heavy atom. The highest BCUT2D eigenvalue weighted by Crippen LogP contribution is 2.39. The number of thiophene rings is 1. The lowest BCUT2D eigenvalue weighted by Gasteiger charge is -2.11. The van der Waals surface area contributed by atoms with Crippen LogP contribution in [-0.4, -0.2) is 22.0 Å². The zero-order chi connectivity index (χ0) is 18.1. The van der Waals surface area contributed by atoms with Crippen LogP contribution in [0.5, 0.6) is 5.88 Å². The molecule has 0 unspecified atom stereocenters. The molecule has 1 aliphatic rings. The monoisotopic (exact) mass is 372 g/mol. The highest BCUT2D eigenvalue weighted by atomic mass is 32.1. The van der Waals surface area contributed by atoms with Gasteiger partial charge in [-0.25, -0.2) is 14.8 Å². The maximum Gasteiger partial charge on any atom is 0.374 e. The number of esters is 1. The smallest absolute Gasteiger partial charge is 0.374 e. The number of aryl methyl sites for hydroxylation is 2. The summed E-state index contributed by atoms with van der Waals surface area (Å²) in [5, 5.41) is 1.03. The molecule has 0 atom stereocenters. The van der Waals surface area contributed by atoms with E-state index in [2.05, 4.69) is 9.97 Å². The zero-order valence-electron chi connectivity index (χ0n) is 14.8. The molecule has 3 heterocycles. The van der Waals surface area contributed by atoms with Crippen LogP contribution < -0.4 is 4.74 Å². The molecule has 0 N–H and O–H groups in total. The standard InChI is InChI=1S/C19H20N2O4S/c1-11(2)24-19(22)14-8-7-12(25-14)9-23-17-16-13-5-3-4-6-15(13)26-18(16)21-10-20-17/h7-8,10-11H,3-6,9H2,1-2H3. The highest BCUT2D eigenvalue weighted by Gasteiger charge is 2.21. The molecule has 0 fully saturated rings. The molecule has 4 rings (SSSR count). The van der Waals surface area contributed by atoms with Crippen LogP contribution >= 0.6 is 11.3 Å². The number of fused-ring (bicyclic) bond motifs is 3. The first-order chi connectivity index (χ1) is 12.6. The second-order valence-corrected chi connectivity index (χ2v) is 7.66. The van der Waals surface area contributed by atoms with Crippen LogP contribution in [0.4, 0.5) is 0 Å². The van der Waals surface area contributed by atoms with Gasteiger partial charge in [-0.15, -0.1) is 11.3 Å². The van der Waals surface area contributed by atoms with E-state index in [0.717, 1.165) is 23.1 Å². The van der Waals surface area contributed by atoms with Crippen molar-refractivity contribution in [1.82, 2.24) is 9.97 Å². The zero-order valence-corrected chi connectivity index (χ0v) is 15.6. The van der Waals surface area contributed by atoms with E-state index >= 15 is 0 Å². The van der Waals surface area contributed by atoms with E-state index in [1.165, 1.54) is 29.6 Å². The molecular weight excluding hydrogens is 352 g/mol. The normalized spacial score (nSPS) is 13.8. The second kappa shape index (κ2) is 7.07. The molecule has 136 valence electrons. The van der Waals surface area contributed by atoms with Crippen molar-refractivity contribution < 1.29 is 18.7 Å². The number of hydrogen-bond acceptors (Lipinski definition) is 7. The summed E-state index contributed by atoms with van der Waals surface area (Å²) in [5.74, 6) is 0.842. The fourth-order valence-electron chi connectivity index (χ4n) is 3.15. The molecule has 1 aliphatic carbocycles. The lowest BCUT2D eigenvalue weighted by molar-refractivity contribution is 0.0337. The SMILES string of the molecule is CC(C)OC(=O)c1ccc(COc2ncnc3sc4c(c23)CCCC4)o1. The molecule has 6 nitrogen and oxygen atoms in total. The Hall–Kier alpha value is -2.41. The minimum atomic E-state index is -0.470. The van der Waals surface area contributed by atoms with Crippen molar-refractivity contribution >= 4 is 27.5 Å². The van der Waals surface area contributed by atoms with Gasteiger partial charge in [-0.2, -0.15) is 0 Å². The third-order valence-corrected chi connectivity index (χ3v) is 5.47. The van der Waals surface area contributed by atoms with Gasteiger partial charge in [-0.05, 0) is 57.2 Å². The van der Waals surface area contributed by atoms with Crippen LogP contribution in [0.15, 0.2) is 22.9 Å². The lowest BCUT2D eigenvalue weighted by Crippen LogP contribution is -2.10. The third kappa shape index (κ3) is 3.31. The van der Waals surface area contributed by atoms with E-state index in [0.29, 0.717) is 11.6 Å². The average Bonchev–Trinajstić information content (AvgIpc) is 3.24. The highest BCUT2D eigenvalue weighted by molar-refractivity contribution is 7.18. The molecule has 0 amide bonds. The minimum absolute atomic E-state index is 0.179. The molecule has 0 radical (unpaired) electrons. The van der Waals surface area contributed by atoms with Crippen molar-refractivity contribution in [3.05, 3.63) is 40.4 Å². The Morgan fingerprint density at radius 3 is 2.96 bits per heavy atom. The molecule has 3 aromatic rings. The Morgan fingerprint density at radius 2 is 2.12 bits per heavy atom. The van der Waals surface area contributed by atoms with Gasteiger partial charge in [-0.3, -0.25) is 0 Å². The number of nitrogens with zero attached hydrogens (tertiary/aromatic N) is 2. The summed E-state index contributed by atoms with van der Waals surface area (Å²) in [7, 11) is 0. The summed E-state index contributed by atoms with van der Waals surface area (Å²) in [5.41, 5.74) is 1.33. The fraction of sp³-hybridized carbons (Fsp3) is 0.421. The number of carbonyl (C=O) groups is 1. The number of furan rings is 1. The van der Waals surface area contributed by atoms with Crippen LogP contribution in [0.3, 0.4) is 0 Å². The van der Waals surface area contributed by atoms with E-state index in [9.17, 15) is 4.79 Å². The Kier molecular flexibility index (Phi) is 4.63. The van der Waals surface area contributed by atoms with E-state index in [-0.39, 0.29) is 18.5 Å². The van der Waals surface area contributed by atoms with Gasteiger partial charge in [0.2, 0.25) is 11.6 Å². The summed E-state index contributed by atoms with van der Waals surface area (Å²) in [6.07, 6.45) is 5.91. The van der Waals surface area contributed by atoms with Crippen molar-refractivity contribution in [2.24, 2.45) is 0 Å². The number of carbonyl (C=O) groups excluding carboxylic acids is 1. The molecule has 0 spiro atoms. The summed E-state index contributed by atoms with van der Waals surface area (Å²) >= 11 is 1.73. The number of hydrogen-bond donors (Lipinski definition) is 0. The molecule has 0 bridgehead atoms. The first-order valence-corrected chi connectivity index (χ1v) is 9.61. The number of rotatable bonds is 5. The van der Waals surface area contributed by atoms with Gasteiger partial charge < -0.3 is 13.9 Å². The predicted molar refractivity (Wildman–Crippen MR) is 97.6 cm³/mol. The molecular formula is C19H20N2O4S. The first-order valence-electron chi connectivity index (χ1n) is 8.79. The van der Waals surface area contributed by atoms with Gasteiger partial charge in [0.1, 0.15) is 23.5 Å². The summed E-state index contributed by atoms with van der Waals surface area (Å²) in [4.78, 5) is 23.0. The average molecular weight is 372 g/mol. The van der Waals surface area contributed by atoms with Crippen LogP contribution in [0.2, 0.25) is 0 Å². The largest absolute Gasteiger partial charge is 0.469 e. The van der Waals surface area contributed by atoms with Gasteiger partial charge in [0, 0.05) is 4.88 Å². The van der Waals surface area contributed by atoms with Crippen molar-refractivity contribution in [2.45, 2.75) is 52.2 Å². The Balaban J connectivity index is 1.53. The van der Waals surface area contributed by atoms with Gasteiger partial charge in [0.25, 0.3) is 0 Å². The summed E-state index contributed by atoms with van der Waals surface area (Å²) in [6, 6.07) is 3.32. The molecule has 26 heavy (non-hydrogen) atoms. The van der Waals surface area contributed by atoms with Gasteiger partial charge in [0.05, 0.1) is 11.5 Å². The molecule has 0 saturated heterocycles. The second-order valence-electron chi connectivity index (χ2n) is 6.58. The maximum absolute atomic E-state index is 11.9. The minimum Gasteiger partial charge on any atom is -0.469 e. The van der Waals surface area contributed by atoms with Crippen molar-refractivity contribution in [3.8, 4) is 5.88 Å². The Bertz CT molecular complexity index is 944. The molecule has 0 saturated carbocycles. The number of ether oxygens (including phenoxy) is 2. The van der Waals surface area contributed by atoms with Crippen molar-refractivity contribution in [3.63, 3.8) is 0 Å². The van der Waals surface area contributed by atoms with E-state index < -0.39 is 5.97 Å². The topological polar surface area (TPSA) is 74.5 Å². The van der Waals surface area contributed by atoms with Gasteiger partial charge in [-0.1, -0.05) is 0 Å². The molecule has 0 aliphatic heterocycles. The molecule has 7 heteroatoms. The summed E-state index contributed by atoms with van der Waals surface area (Å²) in [6.45, 7) is 3.80. The fourth-order valence-corrected chi connectivity index (χ4v) is 4.37. The van der Waals surface area contributed by atoms with Crippen LogP contribution in [-0.2, 0) is 24.2 Å². The number of aromatic nitrogens is 2. The van der Waals surface area contributed by atoms with Crippen LogP contribution in [0.25, 0.3) is 10.2 Å². The van der Waals surface area contributed by atoms with Gasteiger partial charge >= 0.3 is 5.97 Å². The van der Waals surface area contributed by atoms with E-state index in [1.54, 1.807) is 37.3 Å². The maximum atomic E-state index is 11.9. The first kappa shape index (κ1) is 17.0. The Labute approximate surface area is 155 Å².